The molecular weight excluding hydrogens is 282 g/mol. The predicted octanol–water partition coefficient (Wildman–Crippen LogP) is 2.17. The molecule has 21 heavy (non-hydrogen) atoms. The molecule has 5 heteroatoms. The normalized spacial score (nSPS) is 26.3. The second kappa shape index (κ2) is 5.75. The van der Waals surface area contributed by atoms with Crippen LogP contribution in [0.1, 0.15) is 12.0 Å². The van der Waals surface area contributed by atoms with Gasteiger partial charge < -0.3 is 10.0 Å². The smallest absolute Gasteiger partial charge is 0.185 e. The molecule has 1 aliphatic heterocycles. The summed E-state index contributed by atoms with van der Waals surface area (Å²) in [4.78, 5) is 8.70. The van der Waals surface area contributed by atoms with Crippen molar-refractivity contribution in [1.29, 1.82) is 0 Å². The number of rotatable bonds is 3. The van der Waals surface area contributed by atoms with E-state index in [0.717, 1.165) is 18.1 Å². The van der Waals surface area contributed by atoms with Crippen molar-refractivity contribution in [1.82, 2.24) is 9.88 Å². The summed E-state index contributed by atoms with van der Waals surface area (Å²) < 4.78 is 0. The number of β-amino-alcohol motifs (C(OH)–C–C–N with tert-alkyl or cyclic N) is 1. The fourth-order valence-electron chi connectivity index (χ4n) is 3.31. The molecule has 2 atom stereocenters. The van der Waals surface area contributed by atoms with Crippen LogP contribution in [0.5, 0.6) is 0 Å². The van der Waals surface area contributed by atoms with Crippen molar-refractivity contribution >= 4 is 16.5 Å². The largest absolute Gasteiger partial charge is 0.389 e. The molecule has 0 radical (unpaired) electrons. The third-order valence-corrected chi connectivity index (χ3v) is 5.30. The van der Waals surface area contributed by atoms with Gasteiger partial charge >= 0.3 is 0 Å². The number of anilines is 1. The molecule has 4 nitrogen and oxygen atoms in total. The summed E-state index contributed by atoms with van der Waals surface area (Å²) in [5.41, 5.74) is 0.857. The van der Waals surface area contributed by atoms with Crippen LogP contribution in [0.3, 0.4) is 0 Å². The zero-order valence-corrected chi connectivity index (χ0v) is 13.3. The molecule has 1 aliphatic rings. The zero-order valence-electron chi connectivity index (χ0n) is 12.4. The first-order chi connectivity index (χ1) is 10.1. The molecule has 0 unspecified atom stereocenters. The summed E-state index contributed by atoms with van der Waals surface area (Å²) in [6.45, 7) is 1.51. The minimum Gasteiger partial charge on any atom is -0.389 e. The predicted molar refractivity (Wildman–Crippen MR) is 86.8 cm³/mol. The quantitative estimate of drug-likeness (QED) is 0.943. The summed E-state index contributed by atoms with van der Waals surface area (Å²) in [6, 6.07) is 10.3. The van der Waals surface area contributed by atoms with Gasteiger partial charge in [-0.15, -0.1) is 11.3 Å². The van der Waals surface area contributed by atoms with Crippen LogP contribution in [0.25, 0.3) is 0 Å². The molecule has 1 N–H and O–H groups in total. The van der Waals surface area contributed by atoms with Gasteiger partial charge in [-0.05, 0) is 26.1 Å². The Morgan fingerprint density at radius 2 is 2.10 bits per heavy atom. The standard InChI is InChI=1S/C16H21N3OS/c1-18(2)16(13-6-4-3-5-7-13)8-10-19(12-14(16)20)15-17-9-11-21-15/h3-7,9,11,14,20H,8,10,12H2,1-2H3/t14-,16+/m1/s1. The average molecular weight is 303 g/mol. The monoisotopic (exact) mass is 303 g/mol. The fraction of sp³-hybridized carbons (Fsp3) is 0.438. The van der Waals surface area contributed by atoms with Crippen molar-refractivity contribution in [3.8, 4) is 0 Å². The molecule has 0 spiro atoms. The molecule has 1 aromatic heterocycles. The summed E-state index contributed by atoms with van der Waals surface area (Å²) in [7, 11) is 4.10. The van der Waals surface area contributed by atoms with E-state index in [1.54, 1.807) is 11.3 Å². The molecule has 0 bridgehead atoms. The molecular formula is C16H21N3OS. The van der Waals surface area contributed by atoms with Crippen molar-refractivity contribution in [2.24, 2.45) is 0 Å². The Balaban J connectivity index is 1.90. The molecule has 2 aromatic rings. The summed E-state index contributed by atoms with van der Waals surface area (Å²) >= 11 is 1.63. The van der Waals surface area contributed by atoms with Crippen molar-refractivity contribution in [2.45, 2.75) is 18.1 Å². The number of aliphatic hydroxyl groups excluding tert-OH is 1. The molecule has 3 rings (SSSR count). The number of aromatic nitrogens is 1. The lowest BCUT2D eigenvalue weighted by atomic mass is 9.77. The van der Waals surface area contributed by atoms with Gasteiger partial charge in [-0.2, -0.15) is 0 Å². The first-order valence-electron chi connectivity index (χ1n) is 7.20. The second-order valence-electron chi connectivity index (χ2n) is 5.71. The van der Waals surface area contributed by atoms with Crippen molar-refractivity contribution in [3.63, 3.8) is 0 Å². The molecule has 2 heterocycles. The summed E-state index contributed by atoms with van der Waals surface area (Å²) in [6.07, 6.45) is 2.25. The molecule has 1 aromatic carbocycles. The van der Waals surface area contributed by atoms with Gasteiger partial charge in [0.1, 0.15) is 0 Å². The highest BCUT2D eigenvalue weighted by atomic mass is 32.1. The van der Waals surface area contributed by atoms with Gasteiger partial charge in [0, 0.05) is 24.7 Å². The zero-order chi connectivity index (χ0) is 14.9. The minimum atomic E-state index is -0.451. The van der Waals surface area contributed by atoms with E-state index in [0.29, 0.717) is 6.54 Å². The number of hydrogen-bond acceptors (Lipinski definition) is 5. The van der Waals surface area contributed by atoms with E-state index in [4.69, 9.17) is 0 Å². The number of benzene rings is 1. The molecule has 112 valence electrons. The van der Waals surface area contributed by atoms with Gasteiger partial charge in [0.25, 0.3) is 0 Å². The SMILES string of the molecule is CN(C)[C@]1(c2ccccc2)CCN(c2nccs2)C[C@H]1O. The van der Waals surface area contributed by atoms with Crippen LogP contribution in [0.4, 0.5) is 5.13 Å². The van der Waals surface area contributed by atoms with Crippen LogP contribution in [-0.4, -0.2) is 48.3 Å². The topological polar surface area (TPSA) is 39.6 Å². The number of aliphatic hydroxyl groups is 1. The van der Waals surface area contributed by atoms with Crippen LogP contribution >= 0.6 is 11.3 Å². The number of hydrogen-bond donors (Lipinski definition) is 1. The van der Waals surface area contributed by atoms with Crippen LogP contribution in [0, 0.1) is 0 Å². The third-order valence-electron chi connectivity index (χ3n) is 4.47. The van der Waals surface area contributed by atoms with Gasteiger partial charge in [-0.3, -0.25) is 4.90 Å². The number of thiazole rings is 1. The Hall–Kier alpha value is -1.43. The Morgan fingerprint density at radius 3 is 2.67 bits per heavy atom. The lowest BCUT2D eigenvalue weighted by Crippen LogP contribution is -2.60. The van der Waals surface area contributed by atoms with Crippen molar-refractivity contribution in [3.05, 3.63) is 47.5 Å². The van der Waals surface area contributed by atoms with Crippen molar-refractivity contribution < 1.29 is 5.11 Å². The van der Waals surface area contributed by atoms with Crippen LogP contribution < -0.4 is 4.90 Å². The minimum absolute atomic E-state index is 0.324. The number of piperidine rings is 1. The molecule has 0 amide bonds. The second-order valence-corrected chi connectivity index (χ2v) is 6.58. The van der Waals surface area contributed by atoms with Crippen LogP contribution in [0.2, 0.25) is 0 Å². The van der Waals surface area contributed by atoms with Gasteiger partial charge in [0.2, 0.25) is 0 Å². The van der Waals surface area contributed by atoms with Gasteiger partial charge in [-0.25, -0.2) is 4.98 Å². The van der Waals surface area contributed by atoms with E-state index in [1.165, 1.54) is 5.56 Å². The highest BCUT2D eigenvalue weighted by molar-refractivity contribution is 7.13. The Morgan fingerprint density at radius 1 is 1.33 bits per heavy atom. The lowest BCUT2D eigenvalue weighted by molar-refractivity contribution is -0.0245. The average Bonchev–Trinajstić information content (AvgIpc) is 3.02. The number of nitrogens with zero attached hydrogens (tertiary/aromatic N) is 3. The maximum Gasteiger partial charge on any atom is 0.185 e. The van der Waals surface area contributed by atoms with E-state index in [9.17, 15) is 5.11 Å². The lowest BCUT2D eigenvalue weighted by Gasteiger charge is -2.49. The molecule has 0 saturated carbocycles. The van der Waals surface area contributed by atoms with E-state index in [2.05, 4.69) is 41.0 Å². The van der Waals surface area contributed by atoms with Crippen LogP contribution in [-0.2, 0) is 5.54 Å². The summed E-state index contributed by atoms with van der Waals surface area (Å²) in [5.74, 6) is 0. The highest BCUT2D eigenvalue weighted by Gasteiger charge is 2.45. The van der Waals surface area contributed by atoms with Crippen molar-refractivity contribution in [2.75, 3.05) is 32.1 Å². The third kappa shape index (κ3) is 2.46. The van der Waals surface area contributed by atoms with Gasteiger partial charge in [0.05, 0.1) is 11.6 Å². The fourth-order valence-corrected chi connectivity index (χ4v) is 3.99. The molecule has 1 saturated heterocycles. The maximum atomic E-state index is 10.9. The van der Waals surface area contributed by atoms with Gasteiger partial charge in [-0.1, -0.05) is 30.3 Å². The summed E-state index contributed by atoms with van der Waals surface area (Å²) in [5, 5.41) is 13.9. The molecule has 1 fully saturated rings. The Labute approximate surface area is 129 Å². The Bertz CT molecular complexity index is 572. The number of likely N-dealkylation sites (N-methyl/N-ethyl adjacent to an activating group) is 1. The van der Waals surface area contributed by atoms with E-state index in [-0.39, 0.29) is 5.54 Å². The van der Waals surface area contributed by atoms with E-state index < -0.39 is 6.10 Å². The highest BCUT2D eigenvalue weighted by Crippen LogP contribution is 2.38. The first-order valence-corrected chi connectivity index (χ1v) is 8.08. The maximum absolute atomic E-state index is 10.9. The van der Waals surface area contributed by atoms with E-state index in [1.807, 2.05) is 29.8 Å². The van der Waals surface area contributed by atoms with E-state index >= 15 is 0 Å². The first kappa shape index (κ1) is 14.5. The Kier molecular flexibility index (Phi) is 3.97. The van der Waals surface area contributed by atoms with Crippen LogP contribution in [0.15, 0.2) is 41.9 Å². The molecule has 0 aliphatic carbocycles. The van der Waals surface area contributed by atoms with Gasteiger partial charge in [0.15, 0.2) is 5.13 Å².